The maximum absolute atomic E-state index is 12.9. The van der Waals surface area contributed by atoms with Crippen LogP contribution in [0.25, 0.3) is 0 Å². The third kappa shape index (κ3) is 6.97. The number of carbonyl (C=O) groups is 2. The van der Waals surface area contributed by atoms with Crippen molar-refractivity contribution in [3.63, 3.8) is 0 Å². The summed E-state index contributed by atoms with van der Waals surface area (Å²) in [6.07, 6.45) is 2.56. The zero-order valence-corrected chi connectivity index (χ0v) is 18.6. The van der Waals surface area contributed by atoms with Gasteiger partial charge in [0.15, 0.2) is 0 Å². The quantitative estimate of drug-likeness (QED) is 0.454. The van der Waals surface area contributed by atoms with Gasteiger partial charge in [-0.25, -0.2) is 0 Å². The van der Waals surface area contributed by atoms with Crippen molar-refractivity contribution < 1.29 is 19.4 Å². The summed E-state index contributed by atoms with van der Waals surface area (Å²) >= 11 is 11.8. The smallest absolute Gasteiger partial charge is 0.268 e. The highest BCUT2D eigenvalue weighted by Gasteiger charge is 2.30. The molecule has 4 N–H and O–H groups in total. The van der Waals surface area contributed by atoms with Gasteiger partial charge < -0.3 is 25.5 Å². The summed E-state index contributed by atoms with van der Waals surface area (Å²) in [7, 11) is 0. The van der Waals surface area contributed by atoms with Crippen molar-refractivity contribution in [3.8, 4) is 0 Å². The molecule has 2 amide bonds. The number of nitrogens with one attached hydrogen (secondary N) is 3. The standard InChI is InChI=1S/C22H27Cl2N3O4/c23-16-14-18(26-19(16)24)21(29)27-17(7-6-15-4-2-1-3-5-15)20(28)25-11-8-22(30)9-12-31-13-10-22/h1-5,14,17,26,30H,6-13H2,(H,25,28)(H,27,29)/t17-/m0/s1. The van der Waals surface area contributed by atoms with Crippen molar-refractivity contribution in [2.24, 2.45) is 0 Å². The minimum atomic E-state index is -0.827. The molecule has 2 heterocycles. The molecule has 31 heavy (non-hydrogen) atoms. The Morgan fingerprint density at radius 2 is 1.90 bits per heavy atom. The van der Waals surface area contributed by atoms with Gasteiger partial charge in [-0.1, -0.05) is 53.5 Å². The molecular formula is C22H27Cl2N3O4. The number of hydrogen-bond acceptors (Lipinski definition) is 4. The Hall–Kier alpha value is -2.06. The van der Waals surface area contributed by atoms with Crippen molar-refractivity contribution in [3.05, 3.63) is 57.8 Å². The lowest BCUT2D eigenvalue weighted by molar-refractivity contribution is -0.123. The van der Waals surface area contributed by atoms with Crippen LogP contribution < -0.4 is 10.6 Å². The number of ether oxygens (including phenoxy) is 1. The Balaban J connectivity index is 1.60. The van der Waals surface area contributed by atoms with E-state index in [2.05, 4.69) is 15.6 Å². The second-order valence-corrected chi connectivity index (χ2v) is 8.56. The van der Waals surface area contributed by atoms with E-state index in [-0.39, 0.29) is 21.8 Å². The van der Waals surface area contributed by atoms with Crippen molar-refractivity contribution in [1.82, 2.24) is 15.6 Å². The highest BCUT2D eigenvalue weighted by Crippen LogP contribution is 2.24. The Labute approximate surface area is 191 Å². The van der Waals surface area contributed by atoms with Gasteiger partial charge in [-0.15, -0.1) is 0 Å². The molecule has 0 radical (unpaired) electrons. The number of halogens is 2. The second kappa shape index (κ2) is 11.0. The van der Waals surface area contributed by atoms with Gasteiger partial charge in [0.25, 0.3) is 5.91 Å². The van der Waals surface area contributed by atoms with E-state index in [0.29, 0.717) is 51.9 Å². The molecule has 7 nitrogen and oxygen atoms in total. The van der Waals surface area contributed by atoms with Gasteiger partial charge in [0.1, 0.15) is 16.9 Å². The highest BCUT2D eigenvalue weighted by molar-refractivity contribution is 6.41. The topological polar surface area (TPSA) is 103 Å². The monoisotopic (exact) mass is 467 g/mol. The molecule has 1 aromatic heterocycles. The fourth-order valence-corrected chi connectivity index (χ4v) is 3.84. The molecule has 0 saturated carbocycles. The first-order chi connectivity index (χ1) is 14.9. The molecule has 2 aromatic rings. The molecule has 1 fully saturated rings. The van der Waals surface area contributed by atoms with E-state index in [1.54, 1.807) is 0 Å². The van der Waals surface area contributed by atoms with Gasteiger partial charge in [-0.05, 0) is 43.7 Å². The van der Waals surface area contributed by atoms with Crippen molar-refractivity contribution in [1.29, 1.82) is 0 Å². The number of aromatic amines is 1. The summed E-state index contributed by atoms with van der Waals surface area (Å²) in [4.78, 5) is 28.2. The lowest BCUT2D eigenvalue weighted by Gasteiger charge is -2.32. The number of benzene rings is 1. The van der Waals surface area contributed by atoms with E-state index in [9.17, 15) is 14.7 Å². The van der Waals surface area contributed by atoms with E-state index < -0.39 is 17.6 Å². The van der Waals surface area contributed by atoms with E-state index >= 15 is 0 Å². The van der Waals surface area contributed by atoms with Gasteiger partial charge in [-0.3, -0.25) is 9.59 Å². The van der Waals surface area contributed by atoms with Crippen LogP contribution >= 0.6 is 23.2 Å². The minimum Gasteiger partial charge on any atom is -0.390 e. The number of rotatable bonds is 9. The third-order valence-electron chi connectivity index (χ3n) is 5.47. The van der Waals surface area contributed by atoms with E-state index in [0.717, 1.165) is 5.56 Å². The summed E-state index contributed by atoms with van der Waals surface area (Å²) in [5, 5.41) is 16.6. The average molecular weight is 468 g/mol. The number of amides is 2. The van der Waals surface area contributed by atoms with Crippen LogP contribution in [0.5, 0.6) is 0 Å². The molecule has 1 aliphatic rings. The van der Waals surface area contributed by atoms with E-state index in [4.69, 9.17) is 27.9 Å². The molecule has 168 valence electrons. The van der Waals surface area contributed by atoms with E-state index in [1.165, 1.54) is 6.07 Å². The van der Waals surface area contributed by atoms with Crippen LogP contribution in [0.2, 0.25) is 10.2 Å². The predicted octanol–water partition coefficient (Wildman–Crippen LogP) is 3.10. The average Bonchev–Trinajstić information content (AvgIpc) is 3.10. The number of aryl methyl sites for hydroxylation is 1. The van der Waals surface area contributed by atoms with Crippen molar-refractivity contribution in [2.45, 2.75) is 43.7 Å². The van der Waals surface area contributed by atoms with E-state index in [1.807, 2.05) is 30.3 Å². The Morgan fingerprint density at radius 3 is 2.55 bits per heavy atom. The maximum Gasteiger partial charge on any atom is 0.268 e. The number of aromatic nitrogens is 1. The number of hydrogen-bond donors (Lipinski definition) is 4. The van der Waals surface area contributed by atoms with Gasteiger partial charge in [0.2, 0.25) is 5.91 Å². The largest absolute Gasteiger partial charge is 0.390 e. The number of H-pyrrole nitrogens is 1. The number of carbonyl (C=O) groups excluding carboxylic acids is 2. The second-order valence-electron chi connectivity index (χ2n) is 7.77. The van der Waals surface area contributed by atoms with Crippen LogP contribution in [-0.2, 0) is 16.0 Å². The Morgan fingerprint density at radius 1 is 1.19 bits per heavy atom. The molecule has 0 unspecified atom stereocenters. The van der Waals surface area contributed by atoms with Crippen LogP contribution in [0.3, 0.4) is 0 Å². The zero-order chi connectivity index (χ0) is 22.3. The van der Waals surface area contributed by atoms with Crippen molar-refractivity contribution >= 4 is 35.0 Å². The van der Waals surface area contributed by atoms with Gasteiger partial charge >= 0.3 is 0 Å². The summed E-state index contributed by atoms with van der Waals surface area (Å²) in [6, 6.07) is 10.4. The van der Waals surface area contributed by atoms with Crippen LogP contribution in [-0.4, -0.2) is 53.3 Å². The zero-order valence-electron chi connectivity index (χ0n) is 17.1. The van der Waals surface area contributed by atoms with Gasteiger partial charge in [0, 0.05) is 19.8 Å². The molecule has 1 atom stereocenters. The molecule has 1 saturated heterocycles. The number of aliphatic hydroxyl groups is 1. The lowest BCUT2D eigenvalue weighted by atomic mass is 9.91. The third-order valence-corrected chi connectivity index (χ3v) is 6.16. The minimum absolute atomic E-state index is 0.168. The van der Waals surface area contributed by atoms with Crippen molar-refractivity contribution in [2.75, 3.05) is 19.8 Å². The summed E-state index contributed by atoms with van der Waals surface area (Å²) in [5.41, 5.74) is 0.424. The molecule has 9 heteroatoms. The molecule has 1 aromatic carbocycles. The first-order valence-corrected chi connectivity index (χ1v) is 11.1. The van der Waals surface area contributed by atoms with Crippen LogP contribution in [0, 0.1) is 0 Å². The molecule has 0 spiro atoms. The SMILES string of the molecule is O=C(N[C@@H](CCc1ccccc1)C(=O)NCCC1(O)CCOCC1)c1cc(Cl)c(Cl)[nH]1. The molecular weight excluding hydrogens is 441 g/mol. The first kappa shape index (κ1) is 23.6. The van der Waals surface area contributed by atoms with Crippen LogP contribution in [0.4, 0.5) is 0 Å². The fraction of sp³-hybridized carbons (Fsp3) is 0.455. The summed E-state index contributed by atoms with van der Waals surface area (Å²) in [5.74, 6) is -0.770. The lowest BCUT2D eigenvalue weighted by Crippen LogP contribution is -2.48. The summed E-state index contributed by atoms with van der Waals surface area (Å²) < 4.78 is 5.28. The van der Waals surface area contributed by atoms with Crippen LogP contribution in [0.1, 0.15) is 41.7 Å². The highest BCUT2D eigenvalue weighted by atomic mass is 35.5. The molecule has 1 aliphatic heterocycles. The molecule has 0 aliphatic carbocycles. The van der Waals surface area contributed by atoms with Gasteiger partial charge in [-0.2, -0.15) is 0 Å². The molecule has 3 rings (SSSR count). The normalized spacial score (nSPS) is 16.5. The summed E-state index contributed by atoms with van der Waals surface area (Å²) in [6.45, 7) is 1.34. The fourth-order valence-electron chi connectivity index (χ4n) is 3.53. The van der Waals surface area contributed by atoms with Crippen LogP contribution in [0.15, 0.2) is 36.4 Å². The Bertz CT molecular complexity index is 863. The molecule has 0 bridgehead atoms. The Kier molecular flexibility index (Phi) is 8.37. The maximum atomic E-state index is 12.9. The predicted molar refractivity (Wildman–Crippen MR) is 119 cm³/mol. The van der Waals surface area contributed by atoms with Gasteiger partial charge in [0.05, 0.1) is 10.6 Å². The first-order valence-electron chi connectivity index (χ1n) is 10.3.